The Hall–Kier alpha value is -3.79. The lowest BCUT2D eigenvalue weighted by atomic mass is 9.67. The zero-order chi connectivity index (χ0) is 31.7. The molecule has 0 saturated carbocycles. The Kier molecular flexibility index (Phi) is 7.38. The van der Waals surface area contributed by atoms with Crippen LogP contribution in [0.2, 0.25) is 0 Å². The predicted octanol–water partition coefficient (Wildman–Crippen LogP) is 2.62. The predicted molar refractivity (Wildman–Crippen MR) is 156 cm³/mol. The summed E-state index contributed by atoms with van der Waals surface area (Å²) >= 11 is 1.47. The van der Waals surface area contributed by atoms with Gasteiger partial charge in [-0.2, -0.15) is 0 Å². The number of esters is 1. The van der Waals surface area contributed by atoms with Crippen LogP contribution in [0, 0.1) is 11.8 Å². The van der Waals surface area contributed by atoms with Gasteiger partial charge in [0, 0.05) is 17.4 Å². The van der Waals surface area contributed by atoms with Gasteiger partial charge >= 0.3 is 5.97 Å². The van der Waals surface area contributed by atoms with E-state index in [1.54, 1.807) is 12.1 Å². The van der Waals surface area contributed by atoms with Crippen molar-refractivity contribution in [1.82, 2.24) is 0 Å². The second-order valence-corrected chi connectivity index (χ2v) is 12.8. The number of aromatic hydroxyl groups is 1. The Morgan fingerprint density at radius 1 is 0.978 bits per heavy atom. The molecule has 5 heterocycles. The molecule has 46 heavy (non-hydrogen) atoms. The van der Waals surface area contributed by atoms with E-state index in [9.17, 15) is 20.1 Å². The van der Waals surface area contributed by atoms with Gasteiger partial charge in [0.25, 0.3) is 0 Å². The zero-order valence-corrected chi connectivity index (χ0v) is 25.6. The second-order valence-electron chi connectivity index (χ2n) is 11.8. The van der Waals surface area contributed by atoms with E-state index in [0.717, 1.165) is 4.88 Å². The van der Waals surface area contributed by atoms with Crippen LogP contribution < -0.4 is 23.7 Å². The SMILES string of the molecule is COc1cc(C2c3cc4c(c(OC5OC6COC(c7cccs7)OC6C(O)C5O)c3CC3COC(=O)C32)OCO4)cc(OC)c1O. The summed E-state index contributed by atoms with van der Waals surface area (Å²) < 4.78 is 52.6. The van der Waals surface area contributed by atoms with Crippen LogP contribution in [0.4, 0.5) is 0 Å². The molecular weight excluding hydrogens is 624 g/mol. The Morgan fingerprint density at radius 3 is 2.52 bits per heavy atom. The highest BCUT2D eigenvalue weighted by atomic mass is 32.1. The van der Waals surface area contributed by atoms with E-state index < -0.39 is 48.8 Å². The first-order chi connectivity index (χ1) is 22.4. The minimum Gasteiger partial charge on any atom is -0.502 e. The average Bonchev–Trinajstić information content (AvgIpc) is 3.85. The maximum Gasteiger partial charge on any atom is 0.310 e. The highest BCUT2D eigenvalue weighted by Gasteiger charge is 2.52. The van der Waals surface area contributed by atoms with Crippen LogP contribution in [0.3, 0.4) is 0 Å². The molecule has 0 spiro atoms. The summed E-state index contributed by atoms with van der Waals surface area (Å²) in [5.41, 5.74) is 2.07. The number of aliphatic hydroxyl groups excluding tert-OH is 2. The zero-order valence-electron chi connectivity index (χ0n) is 24.8. The molecule has 5 aliphatic rings. The molecule has 13 nitrogen and oxygen atoms in total. The Balaban J connectivity index is 1.17. The quantitative estimate of drug-likeness (QED) is 0.333. The van der Waals surface area contributed by atoms with Crippen molar-refractivity contribution in [1.29, 1.82) is 0 Å². The molecule has 3 aromatic rings. The monoisotopic (exact) mass is 656 g/mol. The minimum atomic E-state index is -1.48. The van der Waals surface area contributed by atoms with Crippen molar-refractivity contribution in [3.05, 3.63) is 57.3 Å². The van der Waals surface area contributed by atoms with Crippen LogP contribution >= 0.6 is 11.3 Å². The number of rotatable bonds is 6. The number of carbonyl (C=O) groups excluding carboxylic acids is 1. The second kappa shape index (κ2) is 11.5. The number of carbonyl (C=O) groups is 1. The maximum absolute atomic E-state index is 13.2. The van der Waals surface area contributed by atoms with E-state index in [4.69, 9.17) is 42.6 Å². The average molecular weight is 657 g/mol. The van der Waals surface area contributed by atoms with Crippen LogP contribution in [0.5, 0.6) is 34.5 Å². The van der Waals surface area contributed by atoms with E-state index in [2.05, 4.69) is 0 Å². The fourth-order valence-electron chi connectivity index (χ4n) is 7.15. The lowest BCUT2D eigenvalue weighted by molar-refractivity contribution is -0.349. The third-order valence-electron chi connectivity index (χ3n) is 9.34. The van der Waals surface area contributed by atoms with E-state index in [1.807, 2.05) is 23.6 Å². The summed E-state index contributed by atoms with van der Waals surface area (Å²) in [6.45, 7) is 0.240. The van der Waals surface area contributed by atoms with Crippen molar-refractivity contribution in [2.24, 2.45) is 11.8 Å². The van der Waals surface area contributed by atoms with Gasteiger partial charge in [0.15, 0.2) is 29.3 Å². The largest absolute Gasteiger partial charge is 0.502 e. The number of cyclic esters (lactones) is 1. The van der Waals surface area contributed by atoms with Crippen LogP contribution in [0.1, 0.15) is 33.8 Å². The molecule has 0 amide bonds. The molecule has 9 atom stereocenters. The van der Waals surface area contributed by atoms with Crippen molar-refractivity contribution in [3.63, 3.8) is 0 Å². The first-order valence-corrected chi connectivity index (χ1v) is 15.8. The molecular formula is C32H32O13S. The van der Waals surface area contributed by atoms with Gasteiger partial charge in [0.2, 0.25) is 24.6 Å². The molecule has 3 fully saturated rings. The number of hydrogen-bond donors (Lipinski definition) is 3. The fourth-order valence-corrected chi connectivity index (χ4v) is 7.86. The number of ether oxygens (including phenoxy) is 9. The van der Waals surface area contributed by atoms with Gasteiger partial charge in [0.05, 0.1) is 38.2 Å². The van der Waals surface area contributed by atoms with Gasteiger partial charge in [-0.05, 0) is 47.2 Å². The molecule has 2 aromatic carbocycles. The summed E-state index contributed by atoms with van der Waals surface area (Å²) in [5, 5.41) is 35.0. The highest BCUT2D eigenvalue weighted by molar-refractivity contribution is 7.10. The summed E-state index contributed by atoms with van der Waals surface area (Å²) in [6, 6.07) is 8.91. The maximum atomic E-state index is 13.2. The molecule has 1 aromatic heterocycles. The van der Waals surface area contributed by atoms with E-state index >= 15 is 0 Å². The smallest absolute Gasteiger partial charge is 0.310 e. The molecule has 14 heteroatoms. The minimum absolute atomic E-state index is 0.0673. The number of hydrogen-bond acceptors (Lipinski definition) is 14. The van der Waals surface area contributed by atoms with Crippen molar-refractivity contribution in [2.45, 2.75) is 49.3 Å². The highest BCUT2D eigenvalue weighted by Crippen LogP contribution is 2.56. The topological polar surface area (TPSA) is 161 Å². The van der Waals surface area contributed by atoms with E-state index in [0.29, 0.717) is 34.6 Å². The van der Waals surface area contributed by atoms with Gasteiger partial charge in [-0.15, -0.1) is 11.3 Å². The first kappa shape index (κ1) is 29.6. The van der Waals surface area contributed by atoms with Gasteiger partial charge in [-0.3, -0.25) is 4.79 Å². The summed E-state index contributed by atoms with van der Waals surface area (Å²) in [7, 11) is 2.87. The number of benzene rings is 2. The Morgan fingerprint density at radius 2 is 1.78 bits per heavy atom. The third kappa shape index (κ3) is 4.66. The van der Waals surface area contributed by atoms with E-state index in [-0.39, 0.29) is 54.9 Å². The van der Waals surface area contributed by atoms with Gasteiger partial charge < -0.3 is 58.0 Å². The first-order valence-electron chi connectivity index (χ1n) is 14.9. The van der Waals surface area contributed by atoms with Crippen LogP contribution in [-0.2, 0) is 30.2 Å². The van der Waals surface area contributed by atoms with Crippen molar-refractivity contribution in [3.8, 4) is 34.5 Å². The number of phenols is 1. The Labute approximate surface area is 267 Å². The van der Waals surface area contributed by atoms with Crippen molar-refractivity contribution >= 4 is 17.3 Å². The summed E-state index contributed by atoms with van der Waals surface area (Å²) in [4.78, 5) is 14.0. The van der Waals surface area contributed by atoms with E-state index in [1.165, 1.54) is 25.6 Å². The van der Waals surface area contributed by atoms with Crippen LogP contribution in [0.15, 0.2) is 35.7 Å². The number of thiophene rings is 1. The van der Waals surface area contributed by atoms with Gasteiger partial charge in [-0.1, -0.05) is 6.07 Å². The molecule has 1 aliphatic carbocycles. The molecule has 9 unspecified atom stereocenters. The fraction of sp³-hybridized carbons (Fsp3) is 0.469. The number of phenolic OH excluding ortho intramolecular Hbond substituents is 1. The van der Waals surface area contributed by atoms with Crippen LogP contribution in [0.25, 0.3) is 0 Å². The molecule has 4 aliphatic heterocycles. The van der Waals surface area contributed by atoms with Gasteiger partial charge in [-0.25, -0.2) is 0 Å². The lowest BCUT2D eigenvalue weighted by Gasteiger charge is -2.46. The van der Waals surface area contributed by atoms with Gasteiger partial charge in [0.1, 0.15) is 24.4 Å². The summed E-state index contributed by atoms with van der Waals surface area (Å²) in [6.07, 6.45) is -5.99. The molecule has 0 radical (unpaired) electrons. The summed E-state index contributed by atoms with van der Waals surface area (Å²) in [5.74, 6) is -0.500. The number of methoxy groups -OCH3 is 2. The van der Waals surface area contributed by atoms with Crippen molar-refractivity contribution in [2.75, 3.05) is 34.2 Å². The molecule has 3 N–H and O–H groups in total. The van der Waals surface area contributed by atoms with Crippen molar-refractivity contribution < 1.29 is 62.7 Å². The Bertz CT molecular complexity index is 1620. The normalized spacial score (nSPS) is 32.6. The lowest BCUT2D eigenvalue weighted by Crippen LogP contribution is -2.62. The third-order valence-corrected chi connectivity index (χ3v) is 10.2. The molecule has 8 rings (SSSR count). The molecule has 244 valence electrons. The standard InChI is InChI=1S/C32H32O13S/c1-37-17-7-13(8-18(38-2)24(17)33)22-15-9-19-29(42-12-41-19)27(16(15)6-14-10-39-30(36)23(14)22)44-32-26(35)25(34)28-20(43-32)11-40-31(45-28)21-4-3-5-46-21/h3-5,7-9,14,20,22-23,25-26,28,31-35H,6,10-12H2,1-2H3. The number of aliphatic hydroxyl groups is 2. The molecule has 3 saturated heterocycles. The molecule has 0 bridgehead atoms. The number of fused-ring (bicyclic) bond motifs is 4. The van der Waals surface area contributed by atoms with Crippen LogP contribution in [-0.4, -0.2) is 86.2 Å².